The van der Waals surface area contributed by atoms with E-state index in [0.29, 0.717) is 6.42 Å². The Hall–Kier alpha value is -0.390. The molecule has 1 N–H and O–H groups in total. The van der Waals surface area contributed by atoms with Crippen LogP contribution in [-0.4, -0.2) is 11.7 Å². The lowest BCUT2D eigenvalue weighted by Gasteiger charge is -2.23. The van der Waals surface area contributed by atoms with Crippen LogP contribution in [0.5, 0.6) is 0 Å². The van der Waals surface area contributed by atoms with E-state index in [1.165, 1.54) is 0 Å². The number of hydrogen-bond acceptors (Lipinski definition) is 2. The van der Waals surface area contributed by atoms with Crippen molar-refractivity contribution in [2.24, 2.45) is 5.41 Å². The standard InChI is InChI=1S/C10H14INO2/c1-10(9(14)12-11)7-5-3-2-4-6-8(10)13/h5,7H,2-4,6H2,1H3,(H,12,14)/b7-5+. The highest BCUT2D eigenvalue weighted by Crippen LogP contribution is 2.26. The maximum atomic E-state index is 11.8. The van der Waals surface area contributed by atoms with Crippen LogP contribution in [0.4, 0.5) is 0 Å². The van der Waals surface area contributed by atoms with Crippen molar-refractivity contribution in [1.29, 1.82) is 0 Å². The molecule has 4 heteroatoms. The zero-order valence-electron chi connectivity index (χ0n) is 8.18. The van der Waals surface area contributed by atoms with Gasteiger partial charge < -0.3 is 0 Å². The Bertz CT molecular complexity index is 275. The number of amides is 1. The number of Topliss-reactive ketones (excluding diaryl/α,β-unsaturated/α-hetero) is 1. The molecular weight excluding hydrogens is 293 g/mol. The molecule has 1 aliphatic carbocycles. The minimum atomic E-state index is -0.957. The van der Waals surface area contributed by atoms with Gasteiger partial charge in [-0.3, -0.25) is 13.1 Å². The van der Waals surface area contributed by atoms with Crippen molar-refractivity contribution in [2.45, 2.75) is 32.6 Å². The largest absolute Gasteiger partial charge is 0.298 e. The molecule has 1 amide bonds. The number of allylic oxidation sites excluding steroid dienone is 1. The molecule has 0 spiro atoms. The highest BCUT2D eigenvalue weighted by molar-refractivity contribution is 14.1. The summed E-state index contributed by atoms with van der Waals surface area (Å²) in [5, 5.41) is 0. The van der Waals surface area contributed by atoms with E-state index in [2.05, 4.69) is 3.53 Å². The van der Waals surface area contributed by atoms with E-state index in [1.807, 2.05) is 6.08 Å². The first-order valence-electron chi connectivity index (χ1n) is 4.73. The van der Waals surface area contributed by atoms with E-state index in [4.69, 9.17) is 0 Å². The van der Waals surface area contributed by atoms with Gasteiger partial charge in [0, 0.05) is 6.42 Å². The van der Waals surface area contributed by atoms with E-state index in [9.17, 15) is 9.59 Å². The molecular formula is C10H14INO2. The lowest BCUT2D eigenvalue weighted by atomic mass is 9.80. The van der Waals surface area contributed by atoms with Crippen LogP contribution in [0.1, 0.15) is 32.6 Å². The quantitative estimate of drug-likeness (QED) is 0.349. The molecule has 0 saturated carbocycles. The number of hydrogen-bond donors (Lipinski definition) is 1. The van der Waals surface area contributed by atoms with Gasteiger partial charge >= 0.3 is 0 Å². The van der Waals surface area contributed by atoms with Crippen molar-refractivity contribution in [3.8, 4) is 0 Å². The third kappa shape index (κ3) is 2.34. The molecule has 0 saturated heterocycles. The van der Waals surface area contributed by atoms with E-state index in [0.717, 1.165) is 19.3 Å². The van der Waals surface area contributed by atoms with Crippen molar-refractivity contribution < 1.29 is 9.59 Å². The summed E-state index contributed by atoms with van der Waals surface area (Å²) in [4.78, 5) is 23.3. The monoisotopic (exact) mass is 307 g/mol. The summed E-state index contributed by atoms with van der Waals surface area (Å²) in [6.07, 6.45) is 7.05. The van der Waals surface area contributed by atoms with E-state index < -0.39 is 5.41 Å². The van der Waals surface area contributed by atoms with Crippen molar-refractivity contribution in [2.75, 3.05) is 0 Å². The number of nitrogens with one attached hydrogen (secondary N) is 1. The van der Waals surface area contributed by atoms with E-state index in [1.54, 1.807) is 35.9 Å². The van der Waals surface area contributed by atoms with Crippen molar-refractivity contribution in [3.05, 3.63) is 12.2 Å². The molecule has 0 fully saturated rings. The molecule has 1 rings (SSSR count). The molecule has 1 atom stereocenters. The van der Waals surface area contributed by atoms with Gasteiger partial charge in [0.05, 0.1) is 22.9 Å². The minimum absolute atomic E-state index is 0.0163. The first-order valence-corrected chi connectivity index (χ1v) is 5.81. The lowest BCUT2D eigenvalue weighted by Crippen LogP contribution is -2.40. The van der Waals surface area contributed by atoms with Gasteiger partial charge in [0.25, 0.3) is 0 Å². The molecule has 0 aromatic heterocycles. The van der Waals surface area contributed by atoms with Crippen molar-refractivity contribution in [1.82, 2.24) is 3.53 Å². The van der Waals surface area contributed by atoms with Gasteiger partial charge in [-0.1, -0.05) is 12.2 Å². The Morgan fingerprint density at radius 1 is 1.57 bits per heavy atom. The van der Waals surface area contributed by atoms with Crippen LogP contribution >= 0.6 is 22.9 Å². The molecule has 0 aromatic rings. The Balaban J connectivity index is 2.94. The van der Waals surface area contributed by atoms with Crippen LogP contribution in [0.2, 0.25) is 0 Å². The molecule has 0 aliphatic heterocycles. The second-order valence-corrected chi connectivity index (χ2v) is 4.24. The summed E-state index contributed by atoms with van der Waals surface area (Å²) in [7, 11) is 0. The molecule has 1 aliphatic rings. The average molecular weight is 307 g/mol. The molecule has 3 nitrogen and oxygen atoms in total. The first kappa shape index (κ1) is 11.7. The third-order valence-electron chi connectivity index (χ3n) is 2.61. The predicted octanol–water partition coefficient (Wildman–Crippen LogP) is 2.16. The van der Waals surface area contributed by atoms with E-state index >= 15 is 0 Å². The zero-order chi connectivity index (χ0) is 10.6. The molecule has 0 heterocycles. The number of carbonyl (C=O) groups excluding carboxylic acids is 2. The Labute approximate surface area is 97.8 Å². The third-order valence-corrected chi connectivity index (χ3v) is 3.10. The van der Waals surface area contributed by atoms with Gasteiger partial charge in [0.1, 0.15) is 5.41 Å². The van der Waals surface area contributed by atoms with Gasteiger partial charge in [-0.15, -0.1) is 0 Å². The highest BCUT2D eigenvalue weighted by atomic mass is 127. The normalized spacial score (nSPS) is 30.3. The molecule has 1 unspecified atom stereocenters. The van der Waals surface area contributed by atoms with Gasteiger partial charge in [-0.2, -0.15) is 0 Å². The maximum absolute atomic E-state index is 11.8. The van der Waals surface area contributed by atoms with Crippen LogP contribution in [0.3, 0.4) is 0 Å². The van der Waals surface area contributed by atoms with Gasteiger partial charge in [-0.05, 0) is 26.2 Å². The molecule has 0 radical (unpaired) electrons. The first-order chi connectivity index (χ1) is 6.61. The fourth-order valence-corrected chi connectivity index (χ4v) is 2.08. The van der Waals surface area contributed by atoms with Crippen molar-refractivity contribution in [3.63, 3.8) is 0 Å². The summed E-state index contributed by atoms with van der Waals surface area (Å²) < 4.78 is 2.51. The van der Waals surface area contributed by atoms with Crippen LogP contribution in [0.25, 0.3) is 0 Å². The second kappa shape index (κ2) is 4.91. The van der Waals surface area contributed by atoms with Gasteiger partial charge in [0.15, 0.2) is 5.78 Å². The average Bonchev–Trinajstić information content (AvgIpc) is 2.18. The number of halogens is 1. The summed E-state index contributed by atoms with van der Waals surface area (Å²) >= 11 is 1.77. The second-order valence-electron chi connectivity index (χ2n) is 3.70. The van der Waals surface area contributed by atoms with E-state index in [-0.39, 0.29) is 11.7 Å². The summed E-state index contributed by atoms with van der Waals surface area (Å²) in [6.45, 7) is 1.69. The number of carbonyl (C=O) groups is 2. The molecule has 14 heavy (non-hydrogen) atoms. The summed E-state index contributed by atoms with van der Waals surface area (Å²) in [6, 6.07) is 0. The van der Waals surface area contributed by atoms with Crippen LogP contribution < -0.4 is 3.53 Å². The van der Waals surface area contributed by atoms with Crippen molar-refractivity contribution >= 4 is 34.6 Å². The smallest absolute Gasteiger partial charge is 0.245 e. The van der Waals surface area contributed by atoms with Gasteiger partial charge in [-0.25, -0.2) is 0 Å². The number of rotatable bonds is 1. The fourth-order valence-electron chi connectivity index (χ4n) is 1.52. The molecule has 0 aromatic carbocycles. The van der Waals surface area contributed by atoms with Gasteiger partial charge in [0.2, 0.25) is 5.91 Å². The summed E-state index contributed by atoms with van der Waals surface area (Å²) in [5.74, 6) is -0.205. The van der Waals surface area contributed by atoms with Crippen LogP contribution in [0, 0.1) is 5.41 Å². The zero-order valence-corrected chi connectivity index (χ0v) is 10.3. The minimum Gasteiger partial charge on any atom is -0.298 e. The fraction of sp³-hybridized carbons (Fsp3) is 0.600. The van der Waals surface area contributed by atoms with Crippen LogP contribution in [-0.2, 0) is 9.59 Å². The SMILES string of the molecule is CC1(C(=O)NI)/C=C/CCCCC1=O. The maximum Gasteiger partial charge on any atom is 0.245 e. The predicted molar refractivity (Wildman–Crippen MR) is 62.9 cm³/mol. The molecule has 78 valence electrons. The highest BCUT2D eigenvalue weighted by Gasteiger charge is 2.37. The molecule has 0 bridgehead atoms. The Kier molecular flexibility index (Phi) is 4.10. The summed E-state index contributed by atoms with van der Waals surface area (Å²) in [5.41, 5.74) is -0.957. The lowest BCUT2D eigenvalue weighted by molar-refractivity contribution is -0.136. The Morgan fingerprint density at radius 3 is 2.93 bits per heavy atom. The van der Waals surface area contributed by atoms with Crippen LogP contribution in [0.15, 0.2) is 12.2 Å². The topological polar surface area (TPSA) is 46.2 Å². The Morgan fingerprint density at radius 2 is 2.29 bits per heavy atom. The number of ketones is 1.